The van der Waals surface area contributed by atoms with Crippen molar-refractivity contribution < 1.29 is 26.2 Å². The monoisotopic (exact) mass is 520 g/mol. The van der Waals surface area contributed by atoms with Crippen molar-refractivity contribution in [2.24, 2.45) is 0 Å². The summed E-state index contributed by atoms with van der Waals surface area (Å²) >= 11 is 0. The zero-order valence-corrected chi connectivity index (χ0v) is 25.1. The van der Waals surface area contributed by atoms with Crippen LogP contribution in [0.25, 0.3) is 21.5 Å². The summed E-state index contributed by atoms with van der Waals surface area (Å²) in [5.74, 6) is 0. The summed E-state index contributed by atoms with van der Waals surface area (Å²) in [6, 6.07) is 21.9. The Labute approximate surface area is 220 Å². The Balaban J connectivity index is 0. The Bertz CT molecular complexity index is 924. The normalized spacial score (nSPS) is 9.44. The minimum atomic E-state index is 0. The molecule has 0 aliphatic rings. The predicted molar refractivity (Wildman–Crippen MR) is 147 cm³/mol. The van der Waals surface area contributed by atoms with Crippen LogP contribution in [0, 0.1) is 28.7 Å². The molecule has 0 saturated heterocycles. The van der Waals surface area contributed by atoms with Crippen molar-refractivity contribution in [3.63, 3.8) is 0 Å². The van der Waals surface area contributed by atoms with Gasteiger partial charge in [-0.1, -0.05) is 65.8 Å². The maximum Gasteiger partial charge on any atom is 4.00 e. The van der Waals surface area contributed by atoms with Crippen molar-refractivity contribution in [1.82, 2.24) is 0 Å². The summed E-state index contributed by atoms with van der Waals surface area (Å²) in [5.41, 5.74) is 5.97. The van der Waals surface area contributed by atoms with Gasteiger partial charge in [0, 0.05) is 9.52 Å². The molecule has 32 heavy (non-hydrogen) atoms. The van der Waals surface area contributed by atoms with Gasteiger partial charge in [-0.05, 0) is 12.8 Å². The number of benzene rings is 2. The average molecular weight is 522 g/mol. The Morgan fingerprint density at radius 1 is 0.656 bits per heavy atom. The standard InChI is InChI=1S/2C13H15.C2H6Si.2CH3.Zr/c2*1-3-6-11-9-12-7-4-5-8-13(12)10(11)2;1-3-2;;;/h2*4-5,7-9H,3,6H2,1-2H3;1-2H3;2*1H3;/q2*-1;;2*-1;+4. The molecule has 2 radical (unpaired) electrons. The first-order valence-electron chi connectivity index (χ1n) is 10.9. The first-order valence-corrected chi connectivity index (χ1v) is 12.9. The summed E-state index contributed by atoms with van der Waals surface area (Å²) in [7, 11) is 1.08. The van der Waals surface area contributed by atoms with E-state index < -0.39 is 0 Å². The Morgan fingerprint density at radius 3 is 1.25 bits per heavy atom. The first-order chi connectivity index (χ1) is 14.1. The van der Waals surface area contributed by atoms with Crippen LogP contribution in [-0.2, 0) is 39.0 Å². The second kappa shape index (κ2) is 17.3. The summed E-state index contributed by atoms with van der Waals surface area (Å²) < 4.78 is 0. The summed E-state index contributed by atoms with van der Waals surface area (Å²) in [5, 5.41) is 5.63. The zero-order chi connectivity index (χ0) is 21.2. The summed E-state index contributed by atoms with van der Waals surface area (Å²) in [4.78, 5) is 0. The third-order valence-corrected chi connectivity index (χ3v) is 5.39. The number of rotatable bonds is 4. The van der Waals surface area contributed by atoms with E-state index in [0.717, 1.165) is 9.52 Å². The third-order valence-electron chi connectivity index (χ3n) is 5.39. The van der Waals surface area contributed by atoms with Gasteiger partial charge in [0.15, 0.2) is 0 Å². The first kappa shape index (κ1) is 32.9. The summed E-state index contributed by atoms with van der Waals surface area (Å²) in [6.45, 7) is 13.2. The number of hydrogen-bond acceptors (Lipinski definition) is 0. The van der Waals surface area contributed by atoms with E-state index in [1.165, 1.54) is 69.5 Å². The average Bonchev–Trinajstić information content (AvgIpc) is 3.21. The van der Waals surface area contributed by atoms with Gasteiger partial charge in [-0.3, -0.25) is 0 Å². The fourth-order valence-electron chi connectivity index (χ4n) is 3.92. The van der Waals surface area contributed by atoms with Gasteiger partial charge in [0.05, 0.1) is 0 Å². The topological polar surface area (TPSA) is 0 Å². The van der Waals surface area contributed by atoms with Gasteiger partial charge >= 0.3 is 26.2 Å². The molecule has 0 spiro atoms. The van der Waals surface area contributed by atoms with Crippen LogP contribution in [-0.4, -0.2) is 9.52 Å². The molecule has 0 atom stereocenters. The molecule has 4 rings (SSSR count). The maximum absolute atomic E-state index is 2.33. The second-order valence-corrected chi connectivity index (χ2v) is 8.76. The molecule has 0 heterocycles. The number of aryl methyl sites for hydroxylation is 4. The van der Waals surface area contributed by atoms with Crippen LogP contribution in [0.15, 0.2) is 60.7 Å². The van der Waals surface area contributed by atoms with Crippen molar-refractivity contribution in [1.29, 1.82) is 0 Å². The zero-order valence-electron chi connectivity index (χ0n) is 21.6. The van der Waals surface area contributed by atoms with E-state index in [-0.39, 0.29) is 41.1 Å². The van der Waals surface area contributed by atoms with Crippen molar-refractivity contribution in [3.05, 3.63) is 97.8 Å². The molecule has 0 aliphatic heterocycles. The van der Waals surface area contributed by atoms with Gasteiger partial charge < -0.3 is 14.9 Å². The summed E-state index contributed by atoms with van der Waals surface area (Å²) in [6.07, 6.45) is 4.88. The van der Waals surface area contributed by atoms with Crippen LogP contribution in [0.5, 0.6) is 0 Å². The van der Waals surface area contributed by atoms with Gasteiger partial charge in [0.25, 0.3) is 0 Å². The van der Waals surface area contributed by atoms with Crippen molar-refractivity contribution >= 4 is 31.1 Å². The molecule has 0 N–H and O–H groups in total. The van der Waals surface area contributed by atoms with Crippen LogP contribution in [0.3, 0.4) is 0 Å². The molecular formula is C30H42SiZr. The van der Waals surface area contributed by atoms with Crippen molar-refractivity contribution in [2.75, 3.05) is 0 Å². The van der Waals surface area contributed by atoms with Gasteiger partial charge in [-0.2, -0.15) is 11.1 Å². The molecule has 0 nitrogen and oxygen atoms in total. The van der Waals surface area contributed by atoms with E-state index in [2.05, 4.69) is 101 Å². The Morgan fingerprint density at radius 2 is 0.969 bits per heavy atom. The molecule has 0 aliphatic carbocycles. The van der Waals surface area contributed by atoms with Crippen molar-refractivity contribution in [3.8, 4) is 0 Å². The molecule has 0 bridgehead atoms. The van der Waals surface area contributed by atoms with Crippen LogP contribution in [0.2, 0.25) is 13.1 Å². The van der Waals surface area contributed by atoms with Crippen LogP contribution in [0.4, 0.5) is 0 Å². The fourth-order valence-corrected chi connectivity index (χ4v) is 3.92. The molecule has 0 saturated carbocycles. The minimum Gasteiger partial charge on any atom is -0.358 e. The van der Waals surface area contributed by atoms with E-state index >= 15 is 0 Å². The van der Waals surface area contributed by atoms with Gasteiger partial charge in [-0.15, -0.1) is 81.2 Å². The molecule has 170 valence electrons. The quantitative estimate of drug-likeness (QED) is 0.185. The molecule has 0 amide bonds. The van der Waals surface area contributed by atoms with E-state index in [1.807, 2.05) is 0 Å². The molecule has 2 heteroatoms. The minimum absolute atomic E-state index is 0. The Kier molecular flexibility index (Phi) is 17.8. The van der Waals surface area contributed by atoms with E-state index in [4.69, 9.17) is 0 Å². The fraction of sp³-hybridized carbons (Fsp3) is 0.333. The predicted octanol–water partition coefficient (Wildman–Crippen LogP) is 9.32. The van der Waals surface area contributed by atoms with E-state index in [9.17, 15) is 0 Å². The smallest absolute Gasteiger partial charge is 0.358 e. The van der Waals surface area contributed by atoms with Gasteiger partial charge in [0.2, 0.25) is 0 Å². The number of hydrogen-bond donors (Lipinski definition) is 0. The molecule has 0 fully saturated rings. The third kappa shape index (κ3) is 8.60. The molecule has 4 aromatic rings. The van der Waals surface area contributed by atoms with E-state index in [0.29, 0.717) is 0 Å². The maximum atomic E-state index is 2.33. The molecular weight excluding hydrogens is 480 g/mol. The molecule has 0 aromatic heterocycles. The van der Waals surface area contributed by atoms with Crippen LogP contribution < -0.4 is 0 Å². The SMILES string of the molecule is CCCc1[cH-]c2ccccc2c1C.CCCc1[cH-]c2ccccc2c1C.C[Si]C.[CH3-].[CH3-].[Zr+4]. The number of fused-ring (bicyclic) bond motifs is 2. The van der Waals surface area contributed by atoms with Crippen LogP contribution in [0.1, 0.15) is 48.9 Å². The van der Waals surface area contributed by atoms with E-state index in [1.54, 1.807) is 0 Å². The van der Waals surface area contributed by atoms with Crippen molar-refractivity contribution in [2.45, 2.75) is 66.5 Å². The largest absolute Gasteiger partial charge is 4.00 e. The molecule has 4 aromatic carbocycles. The second-order valence-electron chi connectivity index (χ2n) is 7.76. The van der Waals surface area contributed by atoms with Crippen LogP contribution >= 0.6 is 0 Å². The Hall–Kier alpha value is -1.24. The van der Waals surface area contributed by atoms with Gasteiger partial charge in [-0.25, -0.2) is 0 Å². The van der Waals surface area contributed by atoms with Gasteiger partial charge in [0.1, 0.15) is 0 Å². The molecule has 0 unspecified atom stereocenters.